The number of anilines is 1. The average molecular weight is 634 g/mol. The van der Waals surface area contributed by atoms with E-state index in [2.05, 4.69) is 143 Å². The fourth-order valence-electron chi connectivity index (χ4n) is 9.26. The van der Waals surface area contributed by atoms with Crippen molar-refractivity contribution in [1.82, 2.24) is 0 Å². The summed E-state index contributed by atoms with van der Waals surface area (Å²) in [7, 11) is 0. The Morgan fingerprint density at radius 1 is 0.851 bits per heavy atom. The van der Waals surface area contributed by atoms with Crippen molar-refractivity contribution >= 4 is 11.3 Å². The van der Waals surface area contributed by atoms with Crippen molar-refractivity contribution in [2.75, 3.05) is 11.4 Å². The molecule has 3 aromatic carbocycles. The van der Waals surface area contributed by atoms with Gasteiger partial charge in [-0.05, 0) is 114 Å². The van der Waals surface area contributed by atoms with Gasteiger partial charge in [0, 0.05) is 16.7 Å². The zero-order valence-corrected chi connectivity index (χ0v) is 31.2. The highest BCUT2D eigenvalue weighted by Crippen LogP contribution is 2.57. The molecule has 3 unspecified atom stereocenters. The van der Waals surface area contributed by atoms with Gasteiger partial charge in [0.25, 0.3) is 0 Å². The number of aryl methyl sites for hydroxylation is 2. The van der Waals surface area contributed by atoms with Gasteiger partial charge < -0.3 is 14.7 Å². The molecule has 6 rings (SSSR count). The van der Waals surface area contributed by atoms with E-state index < -0.39 is 5.60 Å². The van der Waals surface area contributed by atoms with Gasteiger partial charge in [0.05, 0.1) is 24.8 Å². The zero-order valence-electron chi connectivity index (χ0n) is 31.2. The van der Waals surface area contributed by atoms with E-state index in [4.69, 9.17) is 4.74 Å². The van der Waals surface area contributed by atoms with E-state index in [1.807, 2.05) is 0 Å². The van der Waals surface area contributed by atoms with E-state index in [0.717, 1.165) is 19.4 Å². The quantitative estimate of drug-likeness (QED) is 0.268. The summed E-state index contributed by atoms with van der Waals surface area (Å²) in [5, 5.41) is 11.1. The Labute approximate surface area is 285 Å². The molecular weight excluding hydrogens is 574 g/mol. The lowest BCUT2D eigenvalue weighted by molar-refractivity contribution is -0.108. The molecule has 47 heavy (non-hydrogen) atoms. The first kappa shape index (κ1) is 34.0. The Morgan fingerprint density at radius 2 is 1.53 bits per heavy atom. The predicted octanol–water partition coefficient (Wildman–Crippen LogP) is 11.1. The Morgan fingerprint density at radius 3 is 2.19 bits per heavy atom. The third kappa shape index (κ3) is 6.01. The first-order chi connectivity index (χ1) is 21.9. The van der Waals surface area contributed by atoms with Crippen molar-refractivity contribution < 1.29 is 9.84 Å². The van der Waals surface area contributed by atoms with Crippen LogP contribution in [0.3, 0.4) is 0 Å². The Balaban J connectivity index is 1.54. The number of ether oxygens (including phenoxy) is 1. The summed E-state index contributed by atoms with van der Waals surface area (Å²) in [6.45, 7) is 28.4. The maximum absolute atomic E-state index is 11.1. The number of nitrogens with zero attached hydrogens (tertiary/aromatic N) is 1. The monoisotopic (exact) mass is 633 g/mol. The first-order valence-electron chi connectivity index (χ1n) is 18.2. The predicted molar refractivity (Wildman–Crippen MR) is 199 cm³/mol. The molecule has 2 aliphatic heterocycles. The molecule has 3 nitrogen and oxygen atoms in total. The van der Waals surface area contributed by atoms with Gasteiger partial charge in [-0.2, -0.15) is 0 Å². The van der Waals surface area contributed by atoms with Gasteiger partial charge in [-0.3, -0.25) is 0 Å². The lowest BCUT2D eigenvalue weighted by atomic mass is 9.72. The van der Waals surface area contributed by atoms with Crippen molar-refractivity contribution in [3.05, 3.63) is 93.6 Å². The summed E-state index contributed by atoms with van der Waals surface area (Å²) in [5.41, 5.74) is 14.3. The van der Waals surface area contributed by atoms with Crippen molar-refractivity contribution in [3.8, 4) is 11.1 Å². The van der Waals surface area contributed by atoms with Crippen molar-refractivity contribution in [2.45, 2.75) is 132 Å². The third-order valence-corrected chi connectivity index (χ3v) is 11.0. The molecule has 1 N–H and O–H groups in total. The van der Waals surface area contributed by atoms with Gasteiger partial charge >= 0.3 is 0 Å². The minimum Gasteiger partial charge on any atom is -0.393 e. The van der Waals surface area contributed by atoms with Crippen LogP contribution in [0.1, 0.15) is 133 Å². The summed E-state index contributed by atoms with van der Waals surface area (Å²) >= 11 is 0. The summed E-state index contributed by atoms with van der Waals surface area (Å²) in [5.74, 6) is 0.927. The normalized spacial score (nSPS) is 22.3. The molecule has 3 heteroatoms. The van der Waals surface area contributed by atoms with E-state index >= 15 is 0 Å². The summed E-state index contributed by atoms with van der Waals surface area (Å²) in [4.78, 5) is 2.65. The third-order valence-electron chi connectivity index (χ3n) is 11.0. The molecule has 4 atom stereocenters. The highest BCUT2D eigenvalue weighted by Gasteiger charge is 2.47. The largest absolute Gasteiger partial charge is 0.393 e. The van der Waals surface area contributed by atoms with E-state index in [0.29, 0.717) is 18.3 Å². The molecule has 0 spiro atoms. The summed E-state index contributed by atoms with van der Waals surface area (Å²) in [6, 6.07) is 18.9. The van der Waals surface area contributed by atoms with Crippen molar-refractivity contribution in [1.29, 1.82) is 0 Å². The zero-order chi connectivity index (χ0) is 34.2. The van der Waals surface area contributed by atoms with Crippen LogP contribution in [0.25, 0.3) is 16.7 Å². The number of benzene rings is 3. The average Bonchev–Trinajstić information content (AvgIpc) is 3.16. The molecule has 3 aromatic rings. The minimum atomic E-state index is -0.539. The summed E-state index contributed by atoms with van der Waals surface area (Å²) in [6.07, 6.45) is 4.57. The molecule has 252 valence electrons. The van der Waals surface area contributed by atoms with Gasteiger partial charge in [0.1, 0.15) is 5.60 Å². The van der Waals surface area contributed by atoms with Crippen LogP contribution in [0.4, 0.5) is 5.69 Å². The van der Waals surface area contributed by atoms with E-state index in [9.17, 15) is 5.11 Å². The number of aliphatic hydroxyl groups excluding tert-OH is 1. The molecule has 2 heterocycles. The van der Waals surface area contributed by atoms with Gasteiger partial charge in [0.15, 0.2) is 0 Å². The van der Waals surface area contributed by atoms with Gasteiger partial charge in [-0.15, -0.1) is 0 Å². The van der Waals surface area contributed by atoms with E-state index in [-0.39, 0.29) is 29.1 Å². The smallest absolute Gasteiger partial charge is 0.109 e. The van der Waals surface area contributed by atoms with Gasteiger partial charge in [-0.25, -0.2) is 0 Å². The topological polar surface area (TPSA) is 32.7 Å². The van der Waals surface area contributed by atoms with Crippen LogP contribution in [-0.2, 0) is 15.8 Å². The standard InChI is InChI=1S/C44H59NO2/c1-26(2)17-30(46)21-31(18-27(3)4)47-44(12)25-45-39-24-38-33(32-15-13-14-16-36(32)43(38,10)11)22-34(39)37(42(7,8)9)23-40(45)35-20-28(5)19-29(6)41(35)44/h13-16,19-20,22-24,26-27,30-31,40,46H,17-18,21,25H2,1-12H3/t30?,31?,40?,44-/m1/s1. The first-order valence-corrected chi connectivity index (χ1v) is 18.2. The molecule has 3 aliphatic rings. The number of hydrogen-bond acceptors (Lipinski definition) is 3. The molecule has 0 radical (unpaired) electrons. The van der Waals surface area contributed by atoms with Crippen LogP contribution in [0, 0.1) is 31.1 Å². The Hall–Kier alpha value is -2.88. The van der Waals surface area contributed by atoms with Crippen LogP contribution in [0.2, 0.25) is 0 Å². The molecule has 0 amide bonds. The molecular formula is C44H59NO2. The van der Waals surface area contributed by atoms with E-state index in [1.165, 1.54) is 61.3 Å². The number of hydrogen-bond donors (Lipinski definition) is 1. The fourth-order valence-corrected chi connectivity index (χ4v) is 9.26. The second kappa shape index (κ2) is 11.9. The van der Waals surface area contributed by atoms with Crippen LogP contribution < -0.4 is 4.90 Å². The Bertz CT molecular complexity index is 1700. The fraction of sp³-hybridized carbons (Fsp3) is 0.545. The van der Waals surface area contributed by atoms with Crippen LogP contribution in [0.15, 0.2) is 54.6 Å². The SMILES string of the molecule is Cc1cc(C)c2c(c1)C1C=C(C(C)(C)C)c3cc4c(cc3N1C[C@@]2(C)OC(CC(C)C)CC(O)CC(C)C)C(C)(C)c1ccccc1-4. The van der Waals surface area contributed by atoms with Crippen LogP contribution >= 0.6 is 0 Å². The maximum Gasteiger partial charge on any atom is 0.109 e. The lowest BCUT2D eigenvalue weighted by Crippen LogP contribution is -2.51. The number of fused-ring (bicyclic) bond motifs is 8. The number of rotatable bonds is 8. The van der Waals surface area contributed by atoms with Crippen LogP contribution in [0.5, 0.6) is 0 Å². The summed E-state index contributed by atoms with van der Waals surface area (Å²) < 4.78 is 7.41. The molecule has 0 aromatic heterocycles. The highest BCUT2D eigenvalue weighted by molar-refractivity contribution is 5.92. The van der Waals surface area contributed by atoms with Crippen molar-refractivity contribution in [3.63, 3.8) is 0 Å². The molecule has 0 saturated carbocycles. The van der Waals surface area contributed by atoms with E-state index in [1.54, 1.807) is 0 Å². The van der Waals surface area contributed by atoms with Crippen molar-refractivity contribution in [2.24, 2.45) is 17.3 Å². The number of allylic oxidation sites excluding steroid dienone is 1. The minimum absolute atomic E-state index is 0.0199. The molecule has 0 fully saturated rings. The highest BCUT2D eigenvalue weighted by atomic mass is 16.5. The van der Waals surface area contributed by atoms with Gasteiger partial charge in [0.2, 0.25) is 0 Å². The maximum atomic E-state index is 11.1. The Kier molecular flexibility index (Phi) is 8.62. The lowest BCUT2D eigenvalue weighted by Gasteiger charge is -2.52. The van der Waals surface area contributed by atoms with Crippen LogP contribution in [-0.4, -0.2) is 23.9 Å². The molecule has 1 aliphatic carbocycles. The van der Waals surface area contributed by atoms with Gasteiger partial charge in [-0.1, -0.05) is 110 Å². The second-order valence-corrected chi connectivity index (χ2v) is 17.7. The molecule has 0 saturated heterocycles. The molecule has 0 bridgehead atoms. The second-order valence-electron chi connectivity index (χ2n) is 17.7. The number of aliphatic hydroxyl groups is 1.